The van der Waals surface area contributed by atoms with Crippen LogP contribution in [0.2, 0.25) is 0 Å². The minimum atomic E-state index is 0.106. The standard InChI is InChI=1S/C13H17NO2/c1-11(9-12-5-3-2-4-6-12)14-7-8-16-10-13(14)15/h2-6,11H,7-10H2,1H3. The van der Waals surface area contributed by atoms with E-state index in [4.69, 9.17) is 4.74 Å². The van der Waals surface area contributed by atoms with E-state index in [0.29, 0.717) is 13.2 Å². The van der Waals surface area contributed by atoms with Crippen LogP contribution in [0, 0.1) is 0 Å². The molecule has 0 saturated carbocycles. The molecule has 3 nitrogen and oxygen atoms in total. The summed E-state index contributed by atoms with van der Waals surface area (Å²) >= 11 is 0. The maximum Gasteiger partial charge on any atom is 0.248 e. The molecule has 0 aromatic heterocycles. The molecule has 1 heterocycles. The topological polar surface area (TPSA) is 29.5 Å². The van der Waals surface area contributed by atoms with E-state index >= 15 is 0 Å². The first-order valence-corrected chi connectivity index (χ1v) is 5.68. The summed E-state index contributed by atoms with van der Waals surface area (Å²) < 4.78 is 5.12. The molecule has 1 aromatic carbocycles. The molecular formula is C13H17NO2. The van der Waals surface area contributed by atoms with E-state index in [9.17, 15) is 4.79 Å². The number of ether oxygens (including phenoxy) is 1. The van der Waals surface area contributed by atoms with Crippen molar-refractivity contribution in [3.63, 3.8) is 0 Å². The van der Waals surface area contributed by atoms with Crippen molar-refractivity contribution in [2.24, 2.45) is 0 Å². The number of hydrogen-bond acceptors (Lipinski definition) is 2. The van der Waals surface area contributed by atoms with E-state index in [1.807, 2.05) is 23.1 Å². The Morgan fingerprint density at radius 2 is 2.12 bits per heavy atom. The SMILES string of the molecule is CC(Cc1ccccc1)N1CCOCC1=O. The van der Waals surface area contributed by atoms with Crippen LogP contribution in [-0.2, 0) is 16.0 Å². The molecule has 1 fully saturated rings. The number of nitrogens with zero attached hydrogens (tertiary/aromatic N) is 1. The minimum absolute atomic E-state index is 0.106. The Bertz CT molecular complexity index is 350. The van der Waals surface area contributed by atoms with E-state index in [-0.39, 0.29) is 18.6 Å². The Kier molecular flexibility index (Phi) is 3.57. The molecule has 1 saturated heterocycles. The first kappa shape index (κ1) is 11.1. The Morgan fingerprint density at radius 1 is 1.38 bits per heavy atom. The van der Waals surface area contributed by atoms with Crippen LogP contribution in [0.3, 0.4) is 0 Å². The molecular weight excluding hydrogens is 202 g/mol. The van der Waals surface area contributed by atoms with Crippen LogP contribution in [0.5, 0.6) is 0 Å². The van der Waals surface area contributed by atoms with E-state index < -0.39 is 0 Å². The zero-order valence-electron chi connectivity index (χ0n) is 9.56. The molecule has 1 atom stereocenters. The van der Waals surface area contributed by atoms with Gasteiger partial charge in [-0.25, -0.2) is 0 Å². The fraction of sp³-hybridized carbons (Fsp3) is 0.462. The number of benzene rings is 1. The fourth-order valence-electron chi connectivity index (χ4n) is 2.06. The maximum absolute atomic E-state index is 11.6. The second-order valence-corrected chi connectivity index (χ2v) is 4.18. The van der Waals surface area contributed by atoms with E-state index in [1.54, 1.807) is 0 Å². The molecule has 0 radical (unpaired) electrons. The van der Waals surface area contributed by atoms with Gasteiger partial charge in [-0.15, -0.1) is 0 Å². The van der Waals surface area contributed by atoms with Crippen LogP contribution < -0.4 is 0 Å². The Labute approximate surface area is 96.0 Å². The van der Waals surface area contributed by atoms with Crippen LogP contribution in [0.1, 0.15) is 12.5 Å². The normalized spacial score (nSPS) is 18.6. The quantitative estimate of drug-likeness (QED) is 0.770. The van der Waals surface area contributed by atoms with Gasteiger partial charge < -0.3 is 9.64 Å². The number of rotatable bonds is 3. The van der Waals surface area contributed by atoms with Gasteiger partial charge in [0.05, 0.1) is 6.61 Å². The third kappa shape index (κ3) is 2.61. The van der Waals surface area contributed by atoms with Gasteiger partial charge >= 0.3 is 0 Å². The largest absolute Gasteiger partial charge is 0.370 e. The number of carbonyl (C=O) groups excluding carboxylic acids is 1. The molecule has 16 heavy (non-hydrogen) atoms. The van der Waals surface area contributed by atoms with Crippen LogP contribution in [-0.4, -0.2) is 36.6 Å². The summed E-state index contributed by atoms with van der Waals surface area (Å²) in [4.78, 5) is 13.5. The average molecular weight is 219 g/mol. The highest BCUT2D eigenvalue weighted by molar-refractivity contribution is 5.78. The molecule has 2 rings (SSSR count). The monoisotopic (exact) mass is 219 g/mol. The van der Waals surface area contributed by atoms with Gasteiger partial charge in [-0.2, -0.15) is 0 Å². The van der Waals surface area contributed by atoms with Gasteiger partial charge in [0.25, 0.3) is 0 Å². The Balaban J connectivity index is 1.97. The van der Waals surface area contributed by atoms with Gasteiger partial charge in [0.2, 0.25) is 5.91 Å². The molecule has 0 aliphatic carbocycles. The smallest absolute Gasteiger partial charge is 0.248 e. The number of amides is 1. The van der Waals surface area contributed by atoms with Crippen LogP contribution in [0.15, 0.2) is 30.3 Å². The molecule has 1 aliphatic heterocycles. The third-order valence-electron chi connectivity index (χ3n) is 2.93. The lowest BCUT2D eigenvalue weighted by Crippen LogP contribution is -2.47. The summed E-state index contributed by atoms with van der Waals surface area (Å²) in [6.07, 6.45) is 0.909. The summed E-state index contributed by atoms with van der Waals surface area (Å²) in [6.45, 7) is 3.70. The van der Waals surface area contributed by atoms with Crippen molar-refractivity contribution in [1.82, 2.24) is 4.90 Å². The zero-order valence-corrected chi connectivity index (χ0v) is 9.56. The first-order chi connectivity index (χ1) is 7.77. The van der Waals surface area contributed by atoms with Crippen LogP contribution in [0.4, 0.5) is 0 Å². The van der Waals surface area contributed by atoms with E-state index in [0.717, 1.165) is 6.42 Å². The van der Waals surface area contributed by atoms with Gasteiger partial charge in [-0.1, -0.05) is 30.3 Å². The molecule has 1 unspecified atom stereocenters. The van der Waals surface area contributed by atoms with Gasteiger partial charge in [0.1, 0.15) is 6.61 Å². The summed E-state index contributed by atoms with van der Waals surface area (Å²) in [5.41, 5.74) is 1.27. The minimum Gasteiger partial charge on any atom is -0.370 e. The molecule has 1 amide bonds. The summed E-state index contributed by atoms with van der Waals surface area (Å²) in [7, 11) is 0. The number of morpholine rings is 1. The second-order valence-electron chi connectivity index (χ2n) is 4.18. The lowest BCUT2D eigenvalue weighted by Gasteiger charge is -2.32. The summed E-state index contributed by atoms with van der Waals surface area (Å²) in [6, 6.07) is 10.5. The van der Waals surface area contributed by atoms with E-state index in [2.05, 4.69) is 19.1 Å². The lowest BCUT2D eigenvalue weighted by atomic mass is 10.1. The van der Waals surface area contributed by atoms with E-state index in [1.165, 1.54) is 5.56 Å². The summed E-state index contributed by atoms with van der Waals surface area (Å²) in [5, 5.41) is 0. The van der Waals surface area contributed by atoms with Crippen molar-refractivity contribution < 1.29 is 9.53 Å². The molecule has 0 N–H and O–H groups in total. The fourth-order valence-corrected chi connectivity index (χ4v) is 2.06. The molecule has 0 spiro atoms. The second kappa shape index (κ2) is 5.12. The third-order valence-corrected chi connectivity index (χ3v) is 2.93. The van der Waals surface area contributed by atoms with Crippen molar-refractivity contribution in [3.8, 4) is 0 Å². The molecule has 1 aromatic rings. The van der Waals surface area contributed by atoms with Crippen molar-refractivity contribution in [3.05, 3.63) is 35.9 Å². The predicted octanol–water partition coefficient (Wildman–Crippen LogP) is 1.48. The zero-order chi connectivity index (χ0) is 11.4. The van der Waals surface area contributed by atoms with Gasteiger partial charge in [-0.3, -0.25) is 4.79 Å². The Morgan fingerprint density at radius 3 is 2.81 bits per heavy atom. The Hall–Kier alpha value is -1.35. The molecule has 3 heteroatoms. The highest BCUT2D eigenvalue weighted by atomic mass is 16.5. The summed E-state index contributed by atoms with van der Waals surface area (Å²) in [5.74, 6) is 0.106. The number of hydrogen-bond donors (Lipinski definition) is 0. The van der Waals surface area contributed by atoms with Crippen molar-refractivity contribution in [2.75, 3.05) is 19.8 Å². The van der Waals surface area contributed by atoms with Crippen LogP contribution >= 0.6 is 0 Å². The molecule has 1 aliphatic rings. The van der Waals surface area contributed by atoms with Gasteiger partial charge in [0, 0.05) is 12.6 Å². The highest BCUT2D eigenvalue weighted by Crippen LogP contribution is 2.11. The average Bonchev–Trinajstić information content (AvgIpc) is 2.31. The first-order valence-electron chi connectivity index (χ1n) is 5.68. The van der Waals surface area contributed by atoms with Crippen molar-refractivity contribution >= 4 is 5.91 Å². The lowest BCUT2D eigenvalue weighted by molar-refractivity contribution is -0.145. The van der Waals surface area contributed by atoms with Crippen LogP contribution in [0.25, 0.3) is 0 Å². The highest BCUT2D eigenvalue weighted by Gasteiger charge is 2.23. The molecule has 86 valence electrons. The van der Waals surface area contributed by atoms with Gasteiger partial charge in [0.15, 0.2) is 0 Å². The predicted molar refractivity (Wildman–Crippen MR) is 62.1 cm³/mol. The van der Waals surface area contributed by atoms with Crippen molar-refractivity contribution in [1.29, 1.82) is 0 Å². The molecule has 0 bridgehead atoms. The van der Waals surface area contributed by atoms with Crippen molar-refractivity contribution in [2.45, 2.75) is 19.4 Å². The maximum atomic E-state index is 11.6. The van der Waals surface area contributed by atoms with Gasteiger partial charge in [-0.05, 0) is 18.9 Å². The number of carbonyl (C=O) groups is 1.